The Labute approximate surface area is 44.8 Å². The number of rotatable bonds is 1. The summed E-state index contributed by atoms with van der Waals surface area (Å²) in [6.45, 7) is 0. The molecule has 1 aliphatic heterocycles. The molecule has 0 aromatic carbocycles. The molecular formula is C3H3N3O2+. The SMILES string of the molecule is O=[N+]([O-])C1=CC=[N+]N1. The van der Waals surface area contributed by atoms with Crippen LogP contribution in [0.4, 0.5) is 0 Å². The largest absolute Gasteiger partial charge is 0.387 e. The molecule has 1 N–H and O–H groups in total. The Bertz CT molecular complexity index is 171. The van der Waals surface area contributed by atoms with Crippen molar-refractivity contribution in [1.82, 2.24) is 10.5 Å². The van der Waals surface area contributed by atoms with Gasteiger partial charge in [-0.2, -0.15) is 0 Å². The van der Waals surface area contributed by atoms with Gasteiger partial charge in [0, 0.05) is 5.43 Å². The van der Waals surface area contributed by atoms with Gasteiger partial charge >= 0.3 is 12.0 Å². The quantitative estimate of drug-likeness (QED) is 0.351. The minimum atomic E-state index is -0.535. The normalized spacial score (nSPS) is 15.2. The Morgan fingerprint density at radius 3 is 2.88 bits per heavy atom. The minimum Gasteiger partial charge on any atom is -0.358 e. The first-order valence-corrected chi connectivity index (χ1v) is 1.94. The molecule has 1 rings (SSSR count). The lowest BCUT2D eigenvalue weighted by Gasteiger charge is -1.84. The van der Waals surface area contributed by atoms with Crippen molar-refractivity contribution in [3.8, 4) is 0 Å². The lowest BCUT2D eigenvalue weighted by molar-refractivity contribution is -0.431. The van der Waals surface area contributed by atoms with Crippen LogP contribution in [0.15, 0.2) is 11.9 Å². The second kappa shape index (κ2) is 1.61. The summed E-state index contributed by atoms with van der Waals surface area (Å²) in [5, 5.41) is 13.2. The van der Waals surface area contributed by atoms with E-state index in [0.717, 1.165) is 0 Å². The van der Waals surface area contributed by atoms with Crippen molar-refractivity contribution in [1.29, 1.82) is 0 Å². The van der Waals surface area contributed by atoms with E-state index in [0.29, 0.717) is 0 Å². The lowest BCUT2D eigenvalue weighted by atomic mass is 10.6. The zero-order valence-electron chi connectivity index (χ0n) is 3.87. The van der Waals surface area contributed by atoms with Gasteiger partial charge in [0.25, 0.3) is 5.10 Å². The van der Waals surface area contributed by atoms with Crippen LogP contribution in [0.2, 0.25) is 0 Å². The molecule has 0 spiro atoms. The first kappa shape index (κ1) is 4.76. The molecule has 0 bridgehead atoms. The van der Waals surface area contributed by atoms with Gasteiger partial charge in [-0.15, -0.1) is 0 Å². The molecule has 0 aliphatic carbocycles. The number of nitrogens with one attached hydrogen (secondary N) is 1. The van der Waals surface area contributed by atoms with Crippen molar-refractivity contribution in [2.75, 3.05) is 0 Å². The molecule has 5 heteroatoms. The Morgan fingerprint density at radius 2 is 2.62 bits per heavy atom. The van der Waals surface area contributed by atoms with Crippen molar-refractivity contribution in [2.45, 2.75) is 0 Å². The monoisotopic (exact) mass is 113 g/mol. The summed E-state index contributed by atoms with van der Waals surface area (Å²) in [5.74, 6) is -0.0787. The van der Waals surface area contributed by atoms with Crippen LogP contribution < -0.4 is 10.5 Å². The van der Waals surface area contributed by atoms with Crippen LogP contribution in [0.5, 0.6) is 0 Å². The van der Waals surface area contributed by atoms with Gasteiger partial charge in [0.15, 0.2) is 0 Å². The maximum absolute atomic E-state index is 9.80. The highest BCUT2D eigenvalue weighted by Crippen LogP contribution is 1.87. The highest BCUT2D eigenvalue weighted by atomic mass is 16.6. The van der Waals surface area contributed by atoms with Crippen LogP contribution in [0, 0.1) is 10.1 Å². The second-order valence-electron chi connectivity index (χ2n) is 1.20. The number of hydrazone groups is 1. The van der Waals surface area contributed by atoms with Crippen LogP contribution in [0.1, 0.15) is 0 Å². The number of allylic oxidation sites excluding steroid dienone is 1. The third-order valence-electron chi connectivity index (χ3n) is 0.683. The van der Waals surface area contributed by atoms with Gasteiger partial charge in [-0.3, -0.25) is 0 Å². The van der Waals surface area contributed by atoms with E-state index in [-0.39, 0.29) is 5.82 Å². The molecule has 0 aromatic heterocycles. The second-order valence-corrected chi connectivity index (χ2v) is 1.20. The van der Waals surface area contributed by atoms with E-state index in [1.807, 2.05) is 0 Å². The number of nitrogens with zero attached hydrogens (tertiary/aromatic N) is 2. The maximum Gasteiger partial charge on any atom is 0.387 e. The summed E-state index contributed by atoms with van der Waals surface area (Å²) in [6.07, 6.45) is 2.62. The molecule has 0 fully saturated rings. The van der Waals surface area contributed by atoms with Crippen LogP contribution in [-0.4, -0.2) is 11.1 Å². The molecule has 1 radical (unpaired) electrons. The molecule has 1 heterocycles. The van der Waals surface area contributed by atoms with E-state index in [9.17, 15) is 10.1 Å². The predicted octanol–water partition coefficient (Wildman–Crippen LogP) is -0.971. The molecule has 41 valence electrons. The summed E-state index contributed by atoms with van der Waals surface area (Å²) in [4.78, 5) is 9.26. The van der Waals surface area contributed by atoms with Crippen LogP contribution >= 0.6 is 0 Å². The molecule has 0 unspecified atom stereocenters. The van der Waals surface area contributed by atoms with Crippen LogP contribution in [-0.2, 0) is 0 Å². The summed E-state index contributed by atoms with van der Waals surface area (Å²) in [7, 11) is 0. The summed E-state index contributed by atoms with van der Waals surface area (Å²) < 4.78 is 0. The minimum absolute atomic E-state index is 0.0787. The smallest absolute Gasteiger partial charge is 0.358 e. The molecular weight excluding hydrogens is 110 g/mol. The number of hydrogen-bond acceptors (Lipinski definition) is 4. The Hall–Kier alpha value is -1.39. The van der Waals surface area contributed by atoms with Gasteiger partial charge < -0.3 is 10.1 Å². The van der Waals surface area contributed by atoms with E-state index in [1.54, 1.807) is 0 Å². The molecule has 0 amide bonds. The zero-order chi connectivity index (χ0) is 5.98. The Kier molecular flexibility index (Phi) is 0.957. The van der Waals surface area contributed by atoms with Crippen LogP contribution in [0.3, 0.4) is 0 Å². The highest BCUT2D eigenvalue weighted by molar-refractivity contribution is 5.71. The van der Waals surface area contributed by atoms with Crippen molar-refractivity contribution in [3.63, 3.8) is 0 Å². The van der Waals surface area contributed by atoms with E-state index in [2.05, 4.69) is 10.5 Å². The summed E-state index contributed by atoms with van der Waals surface area (Å²) >= 11 is 0. The first-order valence-electron chi connectivity index (χ1n) is 1.94. The molecule has 0 saturated carbocycles. The van der Waals surface area contributed by atoms with Crippen molar-refractivity contribution in [3.05, 3.63) is 22.0 Å². The fraction of sp³-hybridized carbons (Fsp3) is 0. The summed E-state index contributed by atoms with van der Waals surface area (Å²) in [5.41, 5.74) is 2.19. The standard InChI is InChI=1S/C3H3N3O2/c7-6(8)3-1-2-4-5-3/h1-2,5H/q+1. The van der Waals surface area contributed by atoms with Crippen molar-refractivity contribution < 1.29 is 4.92 Å². The van der Waals surface area contributed by atoms with Gasteiger partial charge in [0.2, 0.25) is 0 Å². The highest BCUT2D eigenvalue weighted by Gasteiger charge is 2.18. The molecule has 0 saturated heterocycles. The van der Waals surface area contributed by atoms with Gasteiger partial charge in [0.05, 0.1) is 0 Å². The number of nitro groups is 1. The van der Waals surface area contributed by atoms with Gasteiger partial charge in [-0.05, 0) is 4.92 Å². The van der Waals surface area contributed by atoms with Crippen molar-refractivity contribution >= 4 is 6.21 Å². The average molecular weight is 113 g/mol. The maximum atomic E-state index is 9.80. The third-order valence-corrected chi connectivity index (χ3v) is 0.683. The average Bonchev–Trinajstić information content (AvgIpc) is 2.12. The van der Waals surface area contributed by atoms with E-state index in [4.69, 9.17) is 0 Å². The van der Waals surface area contributed by atoms with Crippen molar-refractivity contribution in [2.24, 2.45) is 0 Å². The molecule has 5 nitrogen and oxygen atoms in total. The number of hydrogen-bond donors (Lipinski definition) is 1. The zero-order valence-corrected chi connectivity index (χ0v) is 3.87. The third kappa shape index (κ3) is 0.651. The molecule has 1 aliphatic rings. The van der Waals surface area contributed by atoms with Gasteiger partial charge in [0.1, 0.15) is 6.08 Å². The van der Waals surface area contributed by atoms with E-state index in [1.165, 1.54) is 12.3 Å². The fourth-order valence-corrected chi connectivity index (χ4v) is 0.350. The first-order chi connectivity index (χ1) is 3.80. The Morgan fingerprint density at radius 1 is 1.88 bits per heavy atom. The summed E-state index contributed by atoms with van der Waals surface area (Å²) in [6, 6.07) is 0. The fourth-order valence-electron chi connectivity index (χ4n) is 0.350. The molecule has 0 atom stereocenters. The molecule has 0 aromatic rings. The topological polar surface area (TPSA) is 69.3 Å². The van der Waals surface area contributed by atoms with Gasteiger partial charge in [-0.25, -0.2) is 0 Å². The van der Waals surface area contributed by atoms with Crippen LogP contribution in [0.25, 0.3) is 0 Å². The Balaban J connectivity index is 2.64. The molecule has 8 heavy (non-hydrogen) atoms. The predicted molar refractivity (Wildman–Crippen MR) is 26.4 cm³/mol. The van der Waals surface area contributed by atoms with E-state index < -0.39 is 4.92 Å². The van der Waals surface area contributed by atoms with Gasteiger partial charge in [-0.1, -0.05) is 0 Å². The van der Waals surface area contributed by atoms with E-state index >= 15 is 0 Å². The lowest BCUT2D eigenvalue weighted by Crippen LogP contribution is -2.16.